The number of allylic oxidation sites excluding steroid dienone is 1. The van der Waals surface area contributed by atoms with Gasteiger partial charge in [0.05, 0.1) is 18.8 Å². The summed E-state index contributed by atoms with van der Waals surface area (Å²) in [5.74, 6) is -2.04. The first-order valence-electron chi connectivity index (χ1n) is 8.85. The minimum atomic E-state index is -4.44. The van der Waals surface area contributed by atoms with Gasteiger partial charge in [-0.1, -0.05) is 36.4 Å². The van der Waals surface area contributed by atoms with E-state index in [1.54, 1.807) is 24.3 Å². The molecule has 0 unspecified atom stereocenters. The number of hydrogen-bond acceptors (Lipinski definition) is 4. The maximum absolute atomic E-state index is 12.8. The number of halogens is 3. The lowest BCUT2D eigenvalue weighted by atomic mass is 9.92. The molecule has 2 N–H and O–H groups in total. The van der Waals surface area contributed by atoms with Gasteiger partial charge in [-0.3, -0.25) is 0 Å². The van der Waals surface area contributed by atoms with Crippen LogP contribution in [0.25, 0.3) is 0 Å². The molecule has 0 spiro atoms. The highest BCUT2D eigenvalue weighted by Crippen LogP contribution is 2.34. The Hall–Kier alpha value is -2.84. The van der Waals surface area contributed by atoms with Gasteiger partial charge in [0.2, 0.25) is 12.0 Å². The van der Waals surface area contributed by atoms with Gasteiger partial charge in [0.25, 0.3) is 0 Å². The fourth-order valence-corrected chi connectivity index (χ4v) is 2.99. The van der Waals surface area contributed by atoms with Gasteiger partial charge in [0, 0.05) is 12.3 Å². The molecule has 0 radical (unpaired) electrons. The molecule has 0 amide bonds. The van der Waals surface area contributed by atoms with Crippen LogP contribution in [0.5, 0.6) is 0 Å². The Morgan fingerprint density at radius 1 is 1.07 bits per heavy atom. The molecule has 2 aromatic carbocycles. The molecule has 3 rings (SSSR count). The van der Waals surface area contributed by atoms with Gasteiger partial charge in [-0.05, 0) is 34.9 Å². The van der Waals surface area contributed by atoms with Crippen molar-refractivity contribution in [2.24, 2.45) is 0 Å². The lowest BCUT2D eigenvalue weighted by molar-refractivity contribution is -0.159. The SMILES string of the molecule is O=C(O)C1=C[C@H](c2ccc(C(F)(F)F)cc2)C[C@H](OCc2ccc(CO)cc2)O1. The number of aliphatic hydroxyl groups is 1. The van der Waals surface area contributed by atoms with Gasteiger partial charge in [-0.2, -0.15) is 13.2 Å². The molecule has 1 aliphatic rings. The zero-order valence-corrected chi connectivity index (χ0v) is 15.2. The molecule has 2 atom stereocenters. The minimum Gasteiger partial charge on any atom is -0.475 e. The smallest absolute Gasteiger partial charge is 0.416 e. The lowest BCUT2D eigenvalue weighted by Gasteiger charge is -2.28. The maximum Gasteiger partial charge on any atom is 0.416 e. The number of carboxylic acids is 1. The summed E-state index contributed by atoms with van der Waals surface area (Å²) < 4.78 is 49.3. The predicted molar refractivity (Wildman–Crippen MR) is 96.5 cm³/mol. The summed E-state index contributed by atoms with van der Waals surface area (Å²) in [4.78, 5) is 11.4. The number of rotatable bonds is 6. The molecule has 0 fully saturated rings. The van der Waals surface area contributed by atoms with Crippen molar-refractivity contribution in [1.29, 1.82) is 0 Å². The monoisotopic (exact) mass is 408 g/mol. The summed E-state index contributed by atoms with van der Waals surface area (Å²) in [6.45, 7) is 0.0808. The molecule has 5 nitrogen and oxygen atoms in total. The van der Waals surface area contributed by atoms with E-state index in [0.29, 0.717) is 5.56 Å². The van der Waals surface area contributed by atoms with Gasteiger partial charge in [-0.25, -0.2) is 4.79 Å². The van der Waals surface area contributed by atoms with Crippen LogP contribution in [0.2, 0.25) is 0 Å². The Labute approximate surface area is 165 Å². The van der Waals surface area contributed by atoms with Gasteiger partial charge in [0.1, 0.15) is 0 Å². The van der Waals surface area contributed by atoms with E-state index in [9.17, 15) is 23.1 Å². The third-order valence-electron chi connectivity index (χ3n) is 4.58. The zero-order valence-electron chi connectivity index (χ0n) is 15.2. The van der Waals surface area contributed by atoms with Crippen molar-refractivity contribution in [3.8, 4) is 0 Å². The van der Waals surface area contributed by atoms with Crippen LogP contribution in [0, 0.1) is 0 Å². The molecule has 29 heavy (non-hydrogen) atoms. The summed E-state index contributed by atoms with van der Waals surface area (Å²) in [6.07, 6.45) is -3.67. The molecule has 154 valence electrons. The Bertz CT molecular complexity index is 873. The third-order valence-corrected chi connectivity index (χ3v) is 4.58. The van der Waals surface area contributed by atoms with Gasteiger partial charge >= 0.3 is 12.1 Å². The number of ether oxygens (including phenoxy) is 2. The average Bonchev–Trinajstić information content (AvgIpc) is 2.72. The summed E-state index contributed by atoms with van der Waals surface area (Å²) in [6, 6.07) is 11.6. The number of alkyl halides is 3. The first-order chi connectivity index (χ1) is 13.8. The van der Waals surface area contributed by atoms with Crippen LogP contribution in [0.3, 0.4) is 0 Å². The maximum atomic E-state index is 12.8. The third kappa shape index (κ3) is 5.36. The van der Waals surface area contributed by atoms with Crippen molar-refractivity contribution >= 4 is 5.97 Å². The normalized spacial score (nSPS) is 19.4. The largest absolute Gasteiger partial charge is 0.475 e. The molecule has 1 heterocycles. The molecule has 0 saturated heterocycles. The first kappa shape index (κ1) is 20.9. The topological polar surface area (TPSA) is 76.0 Å². The Morgan fingerprint density at radius 3 is 2.24 bits per heavy atom. The van der Waals surface area contributed by atoms with Gasteiger partial charge < -0.3 is 19.7 Å². The van der Waals surface area contributed by atoms with Crippen molar-refractivity contribution in [3.63, 3.8) is 0 Å². The van der Waals surface area contributed by atoms with E-state index >= 15 is 0 Å². The number of aliphatic hydroxyl groups excluding tert-OH is 1. The van der Waals surface area contributed by atoms with Crippen LogP contribution in [0.1, 0.15) is 34.6 Å². The molecular weight excluding hydrogens is 389 g/mol. The van der Waals surface area contributed by atoms with Gasteiger partial charge in [0.15, 0.2) is 0 Å². The fourth-order valence-electron chi connectivity index (χ4n) is 2.99. The highest BCUT2D eigenvalue weighted by molar-refractivity contribution is 5.84. The molecule has 0 aliphatic carbocycles. The molecular formula is C21H19F3O5. The van der Waals surface area contributed by atoms with Crippen molar-refractivity contribution < 1.29 is 37.7 Å². The highest BCUT2D eigenvalue weighted by Gasteiger charge is 2.32. The number of carboxylic acid groups (broad SMARTS) is 1. The van der Waals surface area contributed by atoms with Crippen LogP contribution >= 0.6 is 0 Å². The molecule has 1 aliphatic heterocycles. The summed E-state index contributed by atoms with van der Waals surface area (Å²) in [5.41, 5.74) is 1.33. The average molecular weight is 408 g/mol. The molecule has 0 bridgehead atoms. The van der Waals surface area contributed by atoms with E-state index in [1.807, 2.05) is 0 Å². The second-order valence-electron chi connectivity index (χ2n) is 6.63. The zero-order chi connectivity index (χ0) is 21.0. The van der Waals surface area contributed by atoms with Gasteiger partial charge in [-0.15, -0.1) is 0 Å². The lowest BCUT2D eigenvalue weighted by Crippen LogP contribution is -2.26. The van der Waals surface area contributed by atoms with Crippen molar-refractivity contribution in [3.05, 3.63) is 82.6 Å². The predicted octanol–water partition coefficient (Wildman–Crippen LogP) is 4.21. The highest BCUT2D eigenvalue weighted by atomic mass is 19.4. The molecule has 2 aromatic rings. The standard InChI is InChI=1S/C21H19F3O5/c22-21(23,24)17-7-5-15(6-8-17)16-9-18(20(26)27)29-19(10-16)28-12-14-3-1-13(11-25)2-4-14/h1-9,16,19,25H,10-12H2,(H,26,27)/t16-,19+/m0/s1. The summed E-state index contributed by atoms with van der Waals surface area (Å²) in [7, 11) is 0. The molecule has 0 saturated carbocycles. The second-order valence-corrected chi connectivity index (χ2v) is 6.63. The van der Waals surface area contributed by atoms with Crippen LogP contribution in [0.4, 0.5) is 13.2 Å². The van der Waals surface area contributed by atoms with Crippen molar-refractivity contribution in [2.45, 2.75) is 38.0 Å². The Kier molecular flexibility index (Phi) is 6.24. The van der Waals surface area contributed by atoms with Crippen LogP contribution < -0.4 is 0 Å². The van der Waals surface area contributed by atoms with Crippen LogP contribution in [-0.4, -0.2) is 22.5 Å². The Morgan fingerprint density at radius 2 is 1.69 bits per heavy atom. The molecule has 8 heteroatoms. The van der Waals surface area contributed by atoms with E-state index in [2.05, 4.69) is 0 Å². The fraction of sp³-hybridized carbons (Fsp3) is 0.286. The second kappa shape index (κ2) is 8.67. The quantitative estimate of drug-likeness (QED) is 0.749. The van der Waals surface area contributed by atoms with E-state index in [-0.39, 0.29) is 25.4 Å². The Balaban J connectivity index is 1.72. The van der Waals surface area contributed by atoms with E-state index in [0.717, 1.165) is 23.3 Å². The number of aliphatic carboxylic acids is 1. The van der Waals surface area contributed by atoms with E-state index < -0.39 is 29.9 Å². The van der Waals surface area contributed by atoms with Crippen LogP contribution in [-0.2, 0) is 33.7 Å². The number of hydrogen-bond donors (Lipinski definition) is 2. The number of benzene rings is 2. The van der Waals surface area contributed by atoms with E-state index in [1.165, 1.54) is 18.2 Å². The summed E-state index contributed by atoms with van der Waals surface area (Å²) >= 11 is 0. The summed E-state index contributed by atoms with van der Waals surface area (Å²) in [5, 5.41) is 18.4. The number of carbonyl (C=O) groups is 1. The first-order valence-corrected chi connectivity index (χ1v) is 8.85. The minimum absolute atomic E-state index is 0.0750. The van der Waals surface area contributed by atoms with Crippen LogP contribution in [0.15, 0.2) is 60.4 Å². The van der Waals surface area contributed by atoms with Crippen molar-refractivity contribution in [1.82, 2.24) is 0 Å². The van der Waals surface area contributed by atoms with E-state index in [4.69, 9.17) is 14.6 Å². The molecule has 0 aromatic heterocycles. The van der Waals surface area contributed by atoms with Crippen molar-refractivity contribution in [2.75, 3.05) is 0 Å².